The maximum Gasteiger partial charge on any atom is 0.410 e. The van der Waals surface area contributed by atoms with Gasteiger partial charge in [0.25, 0.3) is 0 Å². The fourth-order valence-electron chi connectivity index (χ4n) is 2.60. The summed E-state index contributed by atoms with van der Waals surface area (Å²) in [6, 6.07) is 0. The van der Waals surface area contributed by atoms with Crippen molar-refractivity contribution < 1.29 is 19.0 Å². The van der Waals surface area contributed by atoms with Gasteiger partial charge in [-0.15, -0.1) is 6.42 Å². The third-order valence-corrected chi connectivity index (χ3v) is 3.70. The molecule has 2 fully saturated rings. The van der Waals surface area contributed by atoms with E-state index in [1.165, 1.54) is 0 Å². The Kier molecular flexibility index (Phi) is 4.26. The lowest BCUT2D eigenvalue weighted by Gasteiger charge is -2.49. The molecule has 112 valence electrons. The Morgan fingerprint density at radius 3 is 2.60 bits per heavy atom. The van der Waals surface area contributed by atoms with Crippen molar-refractivity contribution in [3.63, 3.8) is 0 Å². The van der Waals surface area contributed by atoms with Gasteiger partial charge in [-0.1, -0.05) is 5.92 Å². The van der Waals surface area contributed by atoms with E-state index in [4.69, 9.17) is 20.6 Å². The second-order valence-electron chi connectivity index (χ2n) is 6.39. The molecule has 1 unspecified atom stereocenters. The van der Waals surface area contributed by atoms with Crippen LogP contribution in [-0.4, -0.2) is 54.6 Å². The van der Waals surface area contributed by atoms with Crippen molar-refractivity contribution in [2.45, 2.75) is 50.9 Å². The van der Waals surface area contributed by atoms with Crippen molar-refractivity contribution in [1.29, 1.82) is 0 Å². The van der Waals surface area contributed by atoms with E-state index in [0.29, 0.717) is 26.4 Å². The Hall–Kier alpha value is -1.25. The van der Waals surface area contributed by atoms with Crippen molar-refractivity contribution in [3.8, 4) is 12.3 Å². The number of ether oxygens (including phenoxy) is 3. The van der Waals surface area contributed by atoms with Crippen LogP contribution in [0.15, 0.2) is 0 Å². The first kappa shape index (κ1) is 15.1. The second kappa shape index (κ2) is 5.63. The highest BCUT2D eigenvalue weighted by molar-refractivity contribution is 5.69. The Morgan fingerprint density at radius 1 is 1.40 bits per heavy atom. The van der Waals surface area contributed by atoms with Gasteiger partial charge in [0.15, 0.2) is 0 Å². The summed E-state index contributed by atoms with van der Waals surface area (Å²) >= 11 is 0. The fourth-order valence-corrected chi connectivity index (χ4v) is 2.60. The lowest BCUT2D eigenvalue weighted by molar-refractivity contribution is -0.127. The predicted molar refractivity (Wildman–Crippen MR) is 74.3 cm³/mol. The van der Waals surface area contributed by atoms with Gasteiger partial charge in [0, 0.05) is 13.2 Å². The number of rotatable bonds is 0. The van der Waals surface area contributed by atoms with E-state index in [2.05, 4.69) is 5.92 Å². The highest BCUT2D eigenvalue weighted by Gasteiger charge is 2.47. The van der Waals surface area contributed by atoms with Gasteiger partial charge in [0.2, 0.25) is 0 Å². The molecule has 0 aliphatic carbocycles. The molecular formula is C15H23NO4. The number of carbonyl (C=O) groups is 1. The normalized spacial score (nSPS) is 26.1. The summed E-state index contributed by atoms with van der Waals surface area (Å²) in [5.41, 5.74) is -0.860. The molecule has 0 aromatic heterocycles. The molecule has 2 heterocycles. The monoisotopic (exact) mass is 281 g/mol. The number of morpholine rings is 1. The third kappa shape index (κ3) is 3.25. The quantitative estimate of drug-likeness (QED) is 0.635. The Morgan fingerprint density at radius 2 is 2.05 bits per heavy atom. The van der Waals surface area contributed by atoms with E-state index in [-0.39, 0.29) is 17.7 Å². The standard InChI is InChI=1S/C15H23NO4/c1-5-12-10-16(13(17)20-14(2,3)4)15(11-19-12)6-8-18-9-7-15/h1,12H,6-11H2,2-4H3. The van der Waals surface area contributed by atoms with Crippen molar-refractivity contribution >= 4 is 6.09 Å². The molecule has 20 heavy (non-hydrogen) atoms. The van der Waals surface area contributed by atoms with Gasteiger partial charge >= 0.3 is 6.09 Å². The van der Waals surface area contributed by atoms with Crippen molar-refractivity contribution in [2.24, 2.45) is 0 Å². The number of hydrogen-bond donors (Lipinski definition) is 0. The van der Waals surface area contributed by atoms with Crippen LogP contribution in [0.4, 0.5) is 4.79 Å². The highest BCUT2D eigenvalue weighted by Crippen LogP contribution is 2.33. The summed E-state index contributed by atoms with van der Waals surface area (Å²) in [7, 11) is 0. The zero-order valence-electron chi connectivity index (χ0n) is 12.5. The molecule has 0 aromatic carbocycles. The number of amides is 1. The molecule has 1 atom stereocenters. The van der Waals surface area contributed by atoms with Gasteiger partial charge in [-0.25, -0.2) is 4.79 Å². The molecule has 2 aliphatic rings. The highest BCUT2D eigenvalue weighted by atomic mass is 16.6. The molecule has 2 rings (SSSR count). The van der Waals surface area contributed by atoms with E-state index < -0.39 is 5.60 Å². The SMILES string of the molecule is C#CC1CN(C(=O)OC(C)(C)C)C2(CCOCC2)CO1. The van der Waals surface area contributed by atoms with Crippen LogP contribution in [0, 0.1) is 12.3 Å². The van der Waals surface area contributed by atoms with Gasteiger partial charge in [0.05, 0.1) is 18.7 Å². The molecule has 0 aromatic rings. The second-order valence-corrected chi connectivity index (χ2v) is 6.39. The van der Waals surface area contributed by atoms with Crippen LogP contribution in [0.2, 0.25) is 0 Å². The first-order valence-corrected chi connectivity index (χ1v) is 7.02. The van der Waals surface area contributed by atoms with Crippen LogP contribution < -0.4 is 0 Å². The number of terminal acetylenes is 1. The molecule has 0 N–H and O–H groups in total. The summed E-state index contributed by atoms with van der Waals surface area (Å²) in [5.74, 6) is 2.57. The lowest BCUT2D eigenvalue weighted by Crippen LogP contribution is -2.63. The van der Waals surface area contributed by atoms with E-state index in [0.717, 1.165) is 12.8 Å². The van der Waals surface area contributed by atoms with E-state index in [9.17, 15) is 4.79 Å². The van der Waals surface area contributed by atoms with Crippen LogP contribution in [0.1, 0.15) is 33.6 Å². The number of nitrogens with zero attached hydrogens (tertiary/aromatic N) is 1. The molecule has 2 saturated heterocycles. The summed E-state index contributed by atoms with van der Waals surface area (Å²) in [6.45, 7) is 7.67. The largest absolute Gasteiger partial charge is 0.444 e. The van der Waals surface area contributed by atoms with Gasteiger partial charge < -0.3 is 14.2 Å². The van der Waals surface area contributed by atoms with Crippen LogP contribution in [0.3, 0.4) is 0 Å². The number of carbonyl (C=O) groups excluding carboxylic acids is 1. The Labute approximate surface area is 120 Å². The minimum Gasteiger partial charge on any atom is -0.444 e. The molecule has 1 spiro atoms. The van der Waals surface area contributed by atoms with E-state index in [1.807, 2.05) is 20.8 Å². The van der Waals surface area contributed by atoms with Crippen LogP contribution in [-0.2, 0) is 14.2 Å². The molecule has 5 heteroatoms. The minimum absolute atomic E-state index is 0.317. The average Bonchev–Trinajstić information content (AvgIpc) is 2.38. The van der Waals surface area contributed by atoms with Gasteiger partial charge in [-0.3, -0.25) is 4.90 Å². The summed E-state index contributed by atoms with van der Waals surface area (Å²) in [5, 5.41) is 0. The smallest absolute Gasteiger partial charge is 0.410 e. The molecular weight excluding hydrogens is 258 g/mol. The topological polar surface area (TPSA) is 48.0 Å². The minimum atomic E-state index is -0.520. The zero-order valence-corrected chi connectivity index (χ0v) is 12.5. The molecule has 2 aliphatic heterocycles. The lowest BCUT2D eigenvalue weighted by atomic mass is 9.87. The number of hydrogen-bond acceptors (Lipinski definition) is 4. The van der Waals surface area contributed by atoms with E-state index >= 15 is 0 Å². The first-order valence-electron chi connectivity index (χ1n) is 7.02. The van der Waals surface area contributed by atoms with Gasteiger partial charge in [-0.2, -0.15) is 0 Å². The maximum atomic E-state index is 12.5. The fraction of sp³-hybridized carbons (Fsp3) is 0.800. The molecule has 5 nitrogen and oxygen atoms in total. The first-order chi connectivity index (χ1) is 9.36. The summed E-state index contributed by atoms with van der Waals surface area (Å²) in [6.07, 6.45) is 6.26. The zero-order chi connectivity index (χ0) is 14.8. The molecule has 0 radical (unpaired) electrons. The van der Waals surface area contributed by atoms with Crippen LogP contribution >= 0.6 is 0 Å². The summed E-state index contributed by atoms with van der Waals surface area (Å²) in [4.78, 5) is 14.2. The average molecular weight is 281 g/mol. The Balaban J connectivity index is 2.18. The maximum absolute atomic E-state index is 12.5. The van der Waals surface area contributed by atoms with Crippen LogP contribution in [0.5, 0.6) is 0 Å². The Bertz CT molecular complexity index is 401. The van der Waals surface area contributed by atoms with Crippen molar-refractivity contribution in [2.75, 3.05) is 26.4 Å². The molecule has 0 bridgehead atoms. The van der Waals surface area contributed by atoms with Crippen LogP contribution in [0.25, 0.3) is 0 Å². The van der Waals surface area contributed by atoms with Gasteiger partial charge in [0.1, 0.15) is 11.7 Å². The predicted octanol–water partition coefficient (Wildman–Crippen LogP) is 1.80. The van der Waals surface area contributed by atoms with E-state index in [1.54, 1.807) is 4.90 Å². The molecule has 1 amide bonds. The molecule has 0 saturated carbocycles. The van der Waals surface area contributed by atoms with Gasteiger partial charge in [-0.05, 0) is 33.6 Å². The van der Waals surface area contributed by atoms with Crippen molar-refractivity contribution in [1.82, 2.24) is 4.90 Å². The third-order valence-electron chi connectivity index (χ3n) is 3.70. The van der Waals surface area contributed by atoms with Crippen molar-refractivity contribution in [3.05, 3.63) is 0 Å². The summed E-state index contributed by atoms with van der Waals surface area (Å²) < 4.78 is 16.6.